The number of furan rings is 1. The summed E-state index contributed by atoms with van der Waals surface area (Å²) in [6.07, 6.45) is 0.665. The van der Waals surface area contributed by atoms with Crippen molar-refractivity contribution in [3.63, 3.8) is 0 Å². The Morgan fingerprint density at radius 1 is 1.30 bits per heavy atom. The molecule has 0 aliphatic carbocycles. The van der Waals surface area contributed by atoms with E-state index in [1.54, 1.807) is 12.1 Å². The van der Waals surface area contributed by atoms with Crippen LogP contribution in [0.2, 0.25) is 0 Å². The molecule has 20 heavy (non-hydrogen) atoms. The molecule has 1 aromatic rings. The second-order valence-corrected chi connectivity index (χ2v) is 6.73. The molecule has 0 radical (unpaired) electrons. The van der Waals surface area contributed by atoms with Crippen LogP contribution in [0.4, 0.5) is 8.78 Å². The van der Waals surface area contributed by atoms with E-state index in [0.717, 1.165) is 5.76 Å². The fourth-order valence-corrected chi connectivity index (χ4v) is 2.38. The topological polar surface area (TPSA) is 45.4 Å². The van der Waals surface area contributed by atoms with Crippen LogP contribution in [0, 0.1) is 5.41 Å². The molecule has 1 rings (SSSR count). The summed E-state index contributed by atoms with van der Waals surface area (Å²) in [5.74, 6) is -0.920. The van der Waals surface area contributed by atoms with Crippen LogP contribution in [0.25, 0.3) is 0 Å². The highest BCUT2D eigenvalue weighted by Gasteiger charge is 2.23. The van der Waals surface area contributed by atoms with Gasteiger partial charge in [-0.1, -0.05) is 32.5 Å². The van der Waals surface area contributed by atoms with Gasteiger partial charge in [0.1, 0.15) is 11.5 Å². The van der Waals surface area contributed by atoms with Crippen LogP contribution in [0.3, 0.4) is 0 Å². The van der Waals surface area contributed by atoms with Crippen LogP contribution in [-0.2, 0) is 12.3 Å². The summed E-state index contributed by atoms with van der Waals surface area (Å²) in [5, 5.41) is 12.4. The number of thioether (sulfide) groups is 1. The van der Waals surface area contributed by atoms with Crippen molar-refractivity contribution in [1.82, 2.24) is 5.32 Å². The Kier molecular flexibility index (Phi) is 6.99. The van der Waals surface area contributed by atoms with Gasteiger partial charge in [-0.15, -0.1) is 0 Å². The van der Waals surface area contributed by atoms with Crippen LogP contribution in [0.5, 0.6) is 0 Å². The number of alkyl halides is 2. The van der Waals surface area contributed by atoms with Crippen molar-refractivity contribution in [2.75, 3.05) is 6.61 Å². The first kappa shape index (κ1) is 17.5. The van der Waals surface area contributed by atoms with Crippen LogP contribution >= 0.6 is 11.8 Å². The lowest BCUT2D eigenvalue weighted by Gasteiger charge is -2.31. The molecule has 0 aromatic carbocycles. The third-order valence-electron chi connectivity index (χ3n) is 3.05. The van der Waals surface area contributed by atoms with E-state index in [1.165, 1.54) is 0 Å². The molecule has 0 bridgehead atoms. The van der Waals surface area contributed by atoms with Gasteiger partial charge in [0, 0.05) is 12.6 Å². The van der Waals surface area contributed by atoms with Crippen LogP contribution in [-0.4, -0.2) is 23.5 Å². The van der Waals surface area contributed by atoms with Gasteiger partial charge in [-0.2, -0.15) is 8.78 Å². The van der Waals surface area contributed by atoms with Gasteiger partial charge in [-0.3, -0.25) is 0 Å². The minimum absolute atomic E-state index is 0.0314. The molecular weight excluding hydrogens is 284 g/mol. The second-order valence-electron chi connectivity index (χ2n) is 5.75. The van der Waals surface area contributed by atoms with Crippen molar-refractivity contribution in [2.24, 2.45) is 5.41 Å². The van der Waals surface area contributed by atoms with E-state index in [4.69, 9.17) is 9.52 Å². The van der Waals surface area contributed by atoms with Gasteiger partial charge in [0.15, 0.2) is 0 Å². The number of aliphatic hydroxyl groups is 1. The molecule has 0 fully saturated rings. The predicted octanol–water partition coefficient (Wildman–Crippen LogP) is 3.62. The molecular formula is C14H23F2NO2S. The van der Waals surface area contributed by atoms with Gasteiger partial charge in [-0.25, -0.2) is 0 Å². The first-order chi connectivity index (χ1) is 9.32. The number of rotatable bonds is 8. The van der Waals surface area contributed by atoms with E-state index in [2.05, 4.69) is 26.1 Å². The third-order valence-corrected chi connectivity index (χ3v) is 3.76. The third kappa shape index (κ3) is 6.24. The average molecular weight is 307 g/mol. The molecule has 1 unspecified atom stereocenters. The smallest absolute Gasteiger partial charge is 0.284 e. The zero-order valence-corrected chi connectivity index (χ0v) is 13.0. The molecule has 3 nitrogen and oxygen atoms in total. The summed E-state index contributed by atoms with van der Waals surface area (Å²) in [6.45, 7) is 6.97. The van der Waals surface area contributed by atoms with Crippen molar-refractivity contribution in [1.29, 1.82) is 0 Å². The number of hydrogen-bond donors (Lipinski definition) is 2. The predicted molar refractivity (Wildman–Crippen MR) is 77.8 cm³/mol. The summed E-state index contributed by atoms with van der Waals surface area (Å²) in [7, 11) is 0. The molecule has 0 aliphatic rings. The highest BCUT2D eigenvalue weighted by molar-refractivity contribution is 7.98. The van der Waals surface area contributed by atoms with Crippen molar-refractivity contribution in [2.45, 2.75) is 51.3 Å². The van der Waals surface area contributed by atoms with E-state index in [1.807, 2.05) is 0 Å². The van der Waals surface area contributed by atoms with Crippen LogP contribution in [0.15, 0.2) is 16.5 Å². The Balaban J connectivity index is 2.48. The molecule has 1 atom stereocenters. The van der Waals surface area contributed by atoms with Gasteiger partial charge >= 0.3 is 0 Å². The molecule has 0 saturated heterocycles. The quantitative estimate of drug-likeness (QED) is 0.770. The van der Waals surface area contributed by atoms with Crippen LogP contribution < -0.4 is 5.32 Å². The van der Waals surface area contributed by atoms with Crippen LogP contribution in [0.1, 0.15) is 38.7 Å². The van der Waals surface area contributed by atoms with E-state index < -0.39 is 5.76 Å². The monoisotopic (exact) mass is 307 g/mol. The van der Waals surface area contributed by atoms with Gasteiger partial charge in [-0.05, 0) is 24.0 Å². The van der Waals surface area contributed by atoms with Gasteiger partial charge in [0.25, 0.3) is 5.76 Å². The van der Waals surface area contributed by atoms with Gasteiger partial charge in [0.05, 0.1) is 12.3 Å². The summed E-state index contributed by atoms with van der Waals surface area (Å²) in [5.41, 5.74) is 0.0314. The Bertz CT molecular complexity index is 391. The fourth-order valence-electron chi connectivity index (χ4n) is 1.93. The van der Waals surface area contributed by atoms with Crippen molar-refractivity contribution in [3.8, 4) is 0 Å². The number of aliphatic hydroxyl groups excluding tert-OH is 1. The Morgan fingerprint density at radius 3 is 2.50 bits per heavy atom. The summed E-state index contributed by atoms with van der Waals surface area (Å²) in [6, 6.07) is 3.69. The lowest BCUT2D eigenvalue weighted by atomic mass is 9.85. The molecule has 116 valence electrons. The van der Waals surface area contributed by atoms with Crippen molar-refractivity contribution in [3.05, 3.63) is 23.7 Å². The first-order valence-electron chi connectivity index (χ1n) is 6.64. The highest BCUT2D eigenvalue weighted by Crippen LogP contribution is 2.23. The largest absolute Gasteiger partial charge is 0.464 e. The Labute approximate surface area is 123 Å². The van der Waals surface area contributed by atoms with E-state index in [-0.39, 0.29) is 23.8 Å². The van der Waals surface area contributed by atoms with E-state index in [9.17, 15) is 8.78 Å². The standard InChI is InChI=1S/C14H23F2NO2S/c1-14(2,3)12(6-7-18)17-8-10-4-5-11(19-10)9-20-13(15)16/h4-5,12-13,17-18H,6-9H2,1-3H3. The molecule has 1 aromatic heterocycles. The molecule has 1 heterocycles. The number of hydrogen-bond acceptors (Lipinski definition) is 4. The Morgan fingerprint density at radius 2 is 1.95 bits per heavy atom. The van der Waals surface area contributed by atoms with Crippen molar-refractivity contribution < 1.29 is 18.3 Å². The summed E-state index contributed by atoms with van der Waals surface area (Å²) >= 11 is 0.554. The molecule has 0 saturated carbocycles. The molecule has 0 aliphatic heterocycles. The minimum Gasteiger partial charge on any atom is -0.464 e. The SMILES string of the molecule is CC(C)(C)C(CCO)NCc1ccc(CSC(F)F)o1. The molecule has 6 heteroatoms. The second kappa shape index (κ2) is 8.00. The molecule has 2 N–H and O–H groups in total. The highest BCUT2D eigenvalue weighted by atomic mass is 32.2. The number of nitrogens with one attached hydrogen (secondary N) is 1. The normalized spacial score (nSPS) is 13.9. The Hall–Kier alpha value is -0.590. The maximum absolute atomic E-state index is 12.1. The maximum Gasteiger partial charge on any atom is 0.284 e. The van der Waals surface area contributed by atoms with Crippen molar-refractivity contribution >= 4 is 11.8 Å². The zero-order chi connectivity index (χ0) is 15.2. The van der Waals surface area contributed by atoms with Gasteiger partial charge in [0.2, 0.25) is 0 Å². The summed E-state index contributed by atoms with van der Waals surface area (Å²) < 4.78 is 29.7. The molecule has 0 spiro atoms. The van der Waals surface area contributed by atoms with E-state index >= 15 is 0 Å². The lowest BCUT2D eigenvalue weighted by molar-refractivity contribution is 0.193. The molecule has 0 amide bonds. The lowest BCUT2D eigenvalue weighted by Crippen LogP contribution is -2.40. The zero-order valence-electron chi connectivity index (χ0n) is 12.2. The van der Waals surface area contributed by atoms with E-state index in [0.29, 0.717) is 30.5 Å². The number of halogens is 2. The maximum atomic E-state index is 12.1. The first-order valence-corrected chi connectivity index (χ1v) is 7.69. The fraction of sp³-hybridized carbons (Fsp3) is 0.714. The summed E-state index contributed by atoms with van der Waals surface area (Å²) in [4.78, 5) is 0. The van der Waals surface area contributed by atoms with Gasteiger partial charge < -0.3 is 14.8 Å². The minimum atomic E-state index is -2.38. The average Bonchev–Trinajstić information content (AvgIpc) is 2.78.